The molecule has 1 aromatic heterocycles. The van der Waals surface area contributed by atoms with E-state index in [0.29, 0.717) is 34.3 Å². The molecule has 0 radical (unpaired) electrons. The quantitative estimate of drug-likeness (QED) is 0.577. The van der Waals surface area contributed by atoms with Gasteiger partial charge in [-0.3, -0.25) is 4.79 Å². The van der Waals surface area contributed by atoms with E-state index in [4.69, 9.17) is 16.3 Å². The van der Waals surface area contributed by atoms with Gasteiger partial charge in [0.25, 0.3) is 5.91 Å². The number of nitrogens with one attached hydrogen (secondary N) is 3. The average Bonchev–Trinajstić information content (AvgIpc) is 2.68. The van der Waals surface area contributed by atoms with Crippen LogP contribution in [0.4, 0.5) is 27.5 Å². The monoisotopic (exact) mass is 413 g/mol. The highest BCUT2D eigenvalue weighted by Gasteiger charge is 2.26. The van der Waals surface area contributed by atoms with Crippen LogP contribution in [0.1, 0.15) is 21.5 Å². The fourth-order valence-electron chi connectivity index (χ4n) is 2.91. The van der Waals surface area contributed by atoms with Crippen LogP contribution in [0.25, 0.3) is 0 Å². The normalized spacial score (nSPS) is 11.7. The molecule has 0 fully saturated rings. The van der Waals surface area contributed by atoms with Crippen molar-refractivity contribution in [1.29, 1.82) is 0 Å². The van der Waals surface area contributed by atoms with Gasteiger partial charge in [0.15, 0.2) is 11.6 Å². The minimum atomic E-state index is -0.621. The molecule has 1 aliphatic rings. The van der Waals surface area contributed by atoms with Crippen molar-refractivity contribution in [3.8, 4) is 5.75 Å². The number of aromatic nitrogens is 2. The fraction of sp³-hybridized carbons (Fsp3) is 0.150. The number of nitrogens with zero attached hydrogens (tertiary/aromatic N) is 2. The molecule has 0 aliphatic carbocycles. The van der Waals surface area contributed by atoms with Crippen molar-refractivity contribution >= 4 is 40.6 Å². The largest absolute Gasteiger partial charge is 0.488 e. The summed E-state index contributed by atoms with van der Waals surface area (Å²) in [7, 11) is 1.55. The third-order valence-corrected chi connectivity index (χ3v) is 4.93. The van der Waals surface area contributed by atoms with Crippen molar-refractivity contribution in [1.82, 2.24) is 15.3 Å². The van der Waals surface area contributed by atoms with Crippen LogP contribution >= 0.6 is 11.6 Å². The van der Waals surface area contributed by atoms with Gasteiger partial charge in [0, 0.05) is 23.3 Å². The van der Waals surface area contributed by atoms with Crippen molar-refractivity contribution in [3.63, 3.8) is 0 Å². The lowest BCUT2D eigenvalue weighted by molar-refractivity contribution is 0.0957. The van der Waals surface area contributed by atoms with E-state index >= 15 is 0 Å². The molecule has 7 nitrogen and oxygen atoms in total. The summed E-state index contributed by atoms with van der Waals surface area (Å²) in [4.78, 5) is 20.5. The molecule has 1 aliphatic heterocycles. The lowest BCUT2D eigenvalue weighted by atomic mass is 10.0. The Balaban J connectivity index is 1.64. The summed E-state index contributed by atoms with van der Waals surface area (Å²) < 4.78 is 19.6. The molecule has 3 aromatic rings. The van der Waals surface area contributed by atoms with Crippen LogP contribution in [0, 0.1) is 12.7 Å². The Kier molecular flexibility index (Phi) is 4.94. The third-order valence-electron chi connectivity index (χ3n) is 4.52. The molecule has 0 atom stereocenters. The number of hydrogen-bond donors (Lipinski definition) is 3. The van der Waals surface area contributed by atoms with E-state index in [9.17, 15) is 9.18 Å². The van der Waals surface area contributed by atoms with E-state index in [1.165, 1.54) is 0 Å². The van der Waals surface area contributed by atoms with Gasteiger partial charge < -0.3 is 20.7 Å². The smallest absolute Gasteiger partial charge is 0.253 e. The van der Waals surface area contributed by atoms with Crippen molar-refractivity contribution < 1.29 is 13.9 Å². The molecule has 0 bridgehead atoms. The maximum absolute atomic E-state index is 14.2. The number of anilines is 4. The van der Waals surface area contributed by atoms with Crippen molar-refractivity contribution in [2.24, 2.45) is 0 Å². The Morgan fingerprint density at radius 2 is 2.07 bits per heavy atom. The topological polar surface area (TPSA) is 88.2 Å². The molecular formula is C20H17ClFN5O2. The number of aryl methyl sites for hydroxylation is 1. The van der Waals surface area contributed by atoms with Gasteiger partial charge >= 0.3 is 0 Å². The Bertz CT molecular complexity index is 1120. The first kappa shape index (κ1) is 18.9. The van der Waals surface area contributed by atoms with Crippen LogP contribution in [0.3, 0.4) is 0 Å². The highest BCUT2D eigenvalue weighted by Crippen LogP contribution is 2.37. The number of benzene rings is 2. The van der Waals surface area contributed by atoms with Crippen molar-refractivity contribution in [3.05, 3.63) is 64.1 Å². The number of ether oxygens (including phenoxy) is 1. The summed E-state index contributed by atoms with van der Waals surface area (Å²) >= 11 is 6.13. The van der Waals surface area contributed by atoms with Gasteiger partial charge in [0.2, 0.25) is 5.95 Å². The first-order chi connectivity index (χ1) is 14.0. The molecule has 0 saturated carbocycles. The second-order valence-corrected chi connectivity index (χ2v) is 6.84. The van der Waals surface area contributed by atoms with Crippen molar-refractivity contribution in [2.45, 2.75) is 13.5 Å². The molecule has 9 heteroatoms. The molecule has 0 spiro atoms. The SMILES string of the molecule is CNC(=O)c1c(Nc2ncc(F)c(Nc3ccc(C)c(Cl)c3)n2)ccc2c1CO2. The van der Waals surface area contributed by atoms with E-state index in [0.717, 1.165) is 17.3 Å². The summed E-state index contributed by atoms with van der Waals surface area (Å²) in [5, 5.41) is 9.06. The van der Waals surface area contributed by atoms with Crippen LogP contribution in [-0.4, -0.2) is 22.9 Å². The van der Waals surface area contributed by atoms with Crippen LogP contribution in [-0.2, 0) is 6.61 Å². The predicted octanol–water partition coefficient (Wildman–Crippen LogP) is 4.32. The number of rotatable bonds is 5. The fourth-order valence-corrected chi connectivity index (χ4v) is 3.09. The van der Waals surface area contributed by atoms with Crippen LogP contribution < -0.4 is 20.7 Å². The number of carbonyl (C=O) groups is 1. The van der Waals surface area contributed by atoms with Crippen LogP contribution in [0.5, 0.6) is 5.75 Å². The summed E-state index contributed by atoms with van der Waals surface area (Å²) in [5.74, 6) is -0.104. The van der Waals surface area contributed by atoms with Crippen molar-refractivity contribution in [2.75, 3.05) is 17.7 Å². The summed E-state index contributed by atoms with van der Waals surface area (Å²) in [5.41, 5.74) is 3.25. The Hall–Kier alpha value is -3.39. The van der Waals surface area contributed by atoms with E-state index in [-0.39, 0.29) is 17.7 Å². The van der Waals surface area contributed by atoms with Gasteiger partial charge in [-0.1, -0.05) is 17.7 Å². The lowest BCUT2D eigenvalue weighted by Gasteiger charge is -2.25. The van der Waals surface area contributed by atoms with E-state index < -0.39 is 5.82 Å². The zero-order valence-corrected chi connectivity index (χ0v) is 16.4. The number of hydrogen-bond acceptors (Lipinski definition) is 6. The number of amides is 1. The molecule has 3 N–H and O–H groups in total. The van der Waals surface area contributed by atoms with E-state index in [1.54, 1.807) is 31.3 Å². The number of halogens is 2. The van der Waals surface area contributed by atoms with Gasteiger partial charge in [-0.2, -0.15) is 4.98 Å². The number of fused-ring (bicyclic) bond motifs is 1. The summed E-state index contributed by atoms with van der Waals surface area (Å²) in [6.07, 6.45) is 1.05. The number of carbonyl (C=O) groups excluding carboxylic acids is 1. The zero-order valence-electron chi connectivity index (χ0n) is 15.6. The lowest BCUT2D eigenvalue weighted by Crippen LogP contribution is -2.25. The highest BCUT2D eigenvalue weighted by atomic mass is 35.5. The average molecular weight is 414 g/mol. The Morgan fingerprint density at radius 1 is 1.24 bits per heavy atom. The van der Waals surface area contributed by atoms with E-state index in [2.05, 4.69) is 25.9 Å². The molecule has 2 heterocycles. The molecule has 1 amide bonds. The Labute approximate surface area is 171 Å². The van der Waals surface area contributed by atoms with Gasteiger partial charge in [-0.25, -0.2) is 9.37 Å². The minimum absolute atomic E-state index is 0.0174. The second kappa shape index (κ2) is 7.56. The molecule has 29 heavy (non-hydrogen) atoms. The van der Waals surface area contributed by atoms with Gasteiger partial charge in [-0.15, -0.1) is 0 Å². The van der Waals surface area contributed by atoms with Gasteiger partial charge in [0.1, 0.15) is 12.4 Å². The Morgan fingerprint density at radius 3 is 2.76 bits per heavy atom. The second-order valence-electron chi connectivity index (χ2n) is 6.44. The summed E-state index contributed by atoms with van der Waals surface area (Å²) in [6.45, 7) is 2.22. The maximum atomic E-state index is 14.2. The maximum Gasteiger partial charge on any atom is 0.253 e. The summed E-state index contributed by atoms with van der Waals surface area (Å²) in [6, 6.07) is 8.73. The van der Waals surface area contributed by atoms with Crippen LogP contribution in [0.15, 0.2) is 36.5 Å². The zero-order chi connectivity index (χ0) is 20.5. The molecule has 0 saturated heterocycles. The van der Waals surface area contributed by atoms with Gasteiger partial charge in [0.05, 0.1) is 17.4 Å². The molecule has 148 valence electrons. The molecular weight excluding hydrogens is 397 g/mol. The van der Waals surface area contributed by atoms with E-state index in [1.807, 2.05) is 13.0 Å². The van der Waals surface area contributed by atoms with Crippen LogP contribution in [0.2, 0.25) is 5.02 Å². The minimum Gasteiger partial charge on any atom is -0.488 e. The first-order valence-electron chi connectivity index (χ1n) is 8.79. The molecule has 0 unspecified atom stereocenters. The van der Waals surface area contributed by atoms with Gasteiger partial charge in [-0.05, 0) is 36.8 Å². The molecule has 4 rings (SSSR count). The predicted molar refractivity (Wildman–Crippen MR) is 109 cm³/mol. The highest BCUT2D eigenvalue weighted by molar-refractivity contribution is 6.31. The third kappa shape index (κ3) is 3.66. The first-order valence-corrected chi connectivity index (χ1v) is 9.17. The molecule has 2 aromatic carbocycles. The standard InChI is InChI=1S/C20H17ClFN5O2/c1-10-3-4-11(7-13(10)21)25-18-14(22)8-24-20(27-18)26-15-5-6-16-12(9-29-16)17(15)19(28)23-2/h3-8H,9H2,1-2H3,(H,23,28)(H2,24,25,26,27).